The Labute approximate surface area is 131 Å². The standard InChI is InChI=1S/C15H23N3O3S/c1-15(2)8-10(15)9-18-13-6-5-11(22(20,21)17-4)7-12(13)14(19)16-3/h5-7,10,17-18H,8-9H2,1-4H3,(H,16,19). The number of benzene rings is 1. The summed E-state index contributed by atoms with van der Waals surface area (Å²) in [7, 11) is -0.708. The molecule has 122 valence electrons. The van der Waals surface area contributed by atoms with Crippen molar-refractivity contribution in [1.29, 1.82) is 0 Å². The second kappa shape index (κ2) is 5.89. The predicted octanol–water partition coefficient (Wildman–Crippen LogP) is 1.41. The van der Waals surface area contributed by atoms with Gasteiger partial charge in [0.1, 0.15) is 0 Å². The average Bonchev–Trinajstić information content (AvgIpc) is 3.11. The summed E-state index contributed by atoms with van der Waals surface area (Å²) in [6.45, 7) is 5.19. The van der Waals surface area contributed by atoms with Crippen LogP contribution in [0.1, 0.15) is 30.6 Å². The highest BCUT2D eigenvalue weighted by molar-refractivity contribution is 7.89. The summed E-state index contributed by atoms with van der Waals surface area (Å²) >= 11 is 0. The van der Waals surface area contributed by atoms with E-state index in [1.807, 2.05) is 0 Å². The fourth-order valence-corrected chi connectivity index (χ4v) is 3.20. The van der Waals surface area contributed by atoms with Crippen LogP contribution < -0.4 is 15.4 Å². The number of rotatable bonds is 6. The van der Waals surface area contributed by atoms with E-state index in [9.17, 15) is 13.2 Å². The van der Waals surface area contributed by atoms with Gasteiger partial charge < -0.3 is 10.6 Å². The summed E-state index contributed by atoms with van der Waals surface area (Å²) < 4.78 is 26.0. The molecule has 1 amide bonds. The van der Waals surface area contributed by atoms with E-state index >= 15 is 0 Å². The highest BCUT2D eigenvalue weighted by Crippen LogP contribution is 2.51. The third-order valence-corrected chi connectivity index (χ3v) is 5.71. The van der Waals surface area contributed by atoms with Crippen LogP contribution in [0.5, 0.6) is 0 Å². The summed E-state index contributed by atoms with van der Waals surface area (Å²) in [6.07, 6.45) is 1.15. The quantitative estimate of drug-likeness (QED) is 0.738. The van der Waals surface area contributed by atoms with E-state index < -0.39 is 10.0 Å². The molecular formula is C15H23N3O3S. The van der Waals surface area contributed by atoms with Crippen molar-refractivity contribution >= 4 is 21.6 Å². The van der Waals surface area contributed by atoms with Crippen LogP contribution in [0, 0.1) is 11.3 Å². The molecule has 0 aliphatic heterocycles. The Kier molecular flexibility index (Phi) is 4.49. The van der Waals surface area contributed by atoms with Crippen molar-refractivity contribution in [3.05, 3.63) is 23.8 Å². The molecule has 1 fully saturated rings. The molecule has 22 heavy (non-hydrogen) atoms. The molecule has 0 spiro atoms. The maximum absolute atomic E-state index is 12.0. The van der Waals surface area contributed by atoms with Crippen molar-refractivity contribution in [2.75, 3.05) is 26.0 Å². The first-order valence-corrected chi connectivity index (χ1v) is 8.73. The third kappa shape index (κ3) is 3.41. The van der Waals surface area contributed by atoms with Crippen LogP contribution in [0.15, 0.2) is 23.1 Å². The van der Waals surface area contributed by atoms with Gasteiger partial charge in [0, 0.05) is 19.3 Å². The van der Waals surface area contributed by atoms with Crippen molar-refractivity contribution < 1.29 is 13.2 Å². The van der Waals surface area contributed by atoms with E-state index in [2.05, 4.69) is 29.2 Å². The summed E-state index contributed by atoms with van der Waals surface area (Å²) in [5.74, 6) is 0.261. The van der Waals surface area contributed by atoms with Gasteiger partial charge >= 0.3 is 0 Å². The van der Waals surface area contributed by atoms with Gasteiger partial charge in [-0.25, -0.2) is 13.1 Å². The minimum Gasteiger partial charge on any atom is -0.384 e. The predicted molar refractivity (Wildman–Crippen MR) is 86.5 cm³/mol. The normalized spacial score (nSPS) is 19.5. The number of anilines is 1. The Morgan fingerprint density at radius 1 is 1.32 bits per heavy atom. The molecule has 1 aliphatic carbocycles. The Morgan fingerprint density at radius 2 is 1.95 bits per heavy atom. The summed E-state index contributed by atoms with van der Waals surface area (Å²) in [5.41, 5.74) is 1.32. The van der Waals surface area contributed by atoms with Crippen molar-refractivity contribution in [2.24, 2.45) is 11.3 Å². The molecular weight excluding hydrogens is 302 g/mol. The molecule has 1 aliphatic rings. The van der Waals surface area contributed by atoms with Gasteiger partial charge in [-0.2, -0.15) is 0 Å². The Bertz CT molecular complexity index is 683. The molecule has 0 saturated heterocycles. The zero-order valence-electron chi connectivity index (χ0n) is 13.4. The zero-order valence-corrected chi connectivity index (χ0v) is 14.2. The molecule has 1 saturated carbocycles. The molecule has 1 unspecified atom stereocenters. The molecule has 1 atom stereocenters. The van der Waals surface area contributed by atoms with E-state index in [4.69, 9.17) is 0 Å². The highest BCUT2D eigenvalue weighted by atomic mass is 32.2. The van der Waals surface area contributed by atoms with E-state index in [1.54, 1.807) is 6.07 Å². The zero-order chi connectivity index (χ0) is 16.5. The van der Waals surface area contributed by atoms with Crippen molar-refractivity contribution in [1.82, 2.24) is 10.0 Å². The van der Waals surface area contributed by atoms with Gasteiger partial charge in [0.05, 0.1) is 10.5 Å². The fraction of sp³-hybridized carbons (Fsp3) is 0.533. The van der Waals surface area contributed by atoms with E-state index in [0.717, 1.165) is 13.0 Å². The number of amides is 1. The van der Waals surface area contributed by atoms with Gasteiger partial charge in [-0.05, 0) is 43.0 Å². The van der Waals surface area contributed by atoms with Crippen LogP contribution in [0.2, 0.25) is 0 Å². The molecule has 2 rings (SSSR count). The first kappa shape index (κ1) is 16.8. The second-order valence-corrected chi connectivity index (χ2v) is 8.15. The molecule has 6 nitrogen and oxygen atoms in total. The third-order valence-electron chi connectivity index (χ3n) is 4.30. The van der Waals surface area contributed by atoms with Crippen LogP contribution in [-0.2, 0) is 10.0 Å². The van der Waals surface area contributed by atoms with Crippen LogP contribution in [0.25, 0.3) is 0 Å². The molecule has 3 N–H and O–H groups in total. The van der Waals surface area contributed by atoms with E-state index in [-0.39, 0.29) is 10.8 Å². The first-order valence-electron chi connectivity index (χ1n) is 7.25. The maximum Gasteiger partial charge on any atom is 0.253 e. The summed E-state index contributed by atoms with van der Waals surface area (Å²) in [6, 6.07) is 4.54. The lowest BCUT2D eigenvalue weighted by atomic mass is 10.1. The molecule has 0 radical (unpaired) electrons. The van der Waals surface area contributed by atoms with Gasteiger partial charge in [0.15, 0.2) is 0 Å². The number of hydrogen-bond acceptors (Lipinski definition) is 4. The molecule has 7 heteroatoms. The maximum atomic E-state index is 12.0. The van der Waals surface area contributed by atoms with Gasteiger partial charge in [0.25, 0.3) is 5.91 Å². The largest absolute Gasteiger partial charge is 0.384 e. The van der Waals surface area contributed by atoms with Crippen LogP contribution in [-0.4, -0.2) is 35.0 Å². The lowest BCUT2D eigenvalue weighted by Gasteiger charge is -2.13. The number of sulfonamides is 1. The van der Waals surface area contributed by atoms with Crippen molar-refractivity contribution in [2.45, 2.75) is 25.2 Å². The Morgan fingerprint density at radius 3 is 2.45 bits per heavy atom. The monoisotopic (exact) mass is 325 g/mol. The lowest BCUT2D eigenvalue weighted by molar-refractivity contribution is 0.0963. The van der Waals surface area contributed by atoms with Crippen molar-refractivity contribution in [3.8, 4) is 0 Å². The van der Waals surface area contributed by atoms with Gasteiger partial charge in [-0.3, -0.25) is 4.79 Å². The molecule has 1 aromatic rings. The Balaban J connectivity index is 2.27. The van der Waals surface area contributed by atoms with E-state index in [1.165, 1.54) is 26.2 Å². The minimum absolute atomic E-state index is 0.0749. The van der Waals surface area contributed by atoms with E-state index in [0.29, 0.717) is 22.6 Å². The average molecular weight is 325 g/mol. The summed E-state index contributed by atoms with van der Waals surface area (Å²) in [4.78, 5) is 12.1. The van der Waals surface area contributed by atoms with Crippen LogP contribution in [0.3, 0.4) is 0 Å². The first-order chi connectivity index (χ1) is 10.2. The smallest absolute Gasteiger partial charge is 0.253 e. The topological polar surface area (TPSA) is 87.3 Å². The lowest BCUT2D eigenvalue weighted by Crippen LogP contribution is -2.23. The van der Waals surface area contributed by atoms with Crippen LogP contribution >= 0.6 is 0 Å². The number of carbonyl (C=O) groups is 1. The summed E-state index contributed by atoms with van der Waals surface area (Å²) in [5, 5.41) is 5.81. The Hall–Kier alpha value is -1.60. The van der Waals surface area contributed by atoms with Gasteiger partial charge in [0.2, 0.25) is 10.0 Å². The molecule has 0 aromatic heterocycles. The number of nitrogens with one attached hydrogen (secondary N) is 3. The van der Waals surface area contributed by atoms with Crippen molar-refractivity contribution in [3.63, 3.8) is 0 Å². The van der Waals surface area contributed by atoms with Gasteiger partial charge in [-0.1, -0.05) is 13.8 Å². The second-order valence-electron chi connectivity index (χ2n) is 6.26. The van der Waals surface area contributed by atoms with Gasteiger partial charge in [-0.15, -0.1) is 0 Å². The molecule has 0 heterocycles. The molecule has 0 bridgehead atoms. The number of carbonyl (C=O) groups excluding carboxylic acids is 1. The van der Waals surface area contributed by atoms with Crippen LogP contribution in [0.4, 0.5) is 5.69 Å². The number of hydrogen-bond donors (Lipinski definition) is 3. The fourth-order valence-electron chi connectivity index (χ4n) is 2.44. The minimum atomic E-state index is -3.57. The SMILES string of the molecule is CNC(=O)c1cc(S(=O)(=O)NC)ccc1NCC1CC1(C)C. The molecule has 1 aromatic carbocycles. The highest BCUT2D eigenvalue weighted by Gasteiger charge is 2.45.